The number of thioether (sulfide) groups is 1. The predicted octanol–water partition coefficient (Wildman–Crippen LogP) is 4.51. The van der Waals surface area contributed by atoms with Crippen LogP contribution in [0.2, 0.25) is 0 Å². The number of anilines is 1. The molecule has 4 aromatic rings. The Balaban J connectivity index is 1.52. The van der Waals surface area contributed by atoms with Gasteiger partial charge in [0.05, 0.1) is 23.3 Å². The van der Waals surface area contributed by atoms with Crippen molar-refractivity contribution in [2.24, 2.45) is 12.8 Å². The first-order chi connectivity index (χ1) is 17.2. The number of hydrogen-bond acceptors (Lipinski definition) is 9. The molecule has 0 radical (unpaired) electrons. The third-order valence-electron chi connectivity index (χ3n) is 5.46. The van der Waals surface area contributed by atoms with Gasteiger partial charge in [0.15, 0.2) is 11.0 Å². The molecular formula is C24H23N5O4S3. The number of aromatic nitrogens is 3. The number of primary amides is 1. The molecule has 3 N–H and O–H groups in total. The van der Waals surface area contributed by atoms with Crippen LogP contribution in [-0.4, -0.2) is 45.4 Å². The van der Waals surface area contributed by atoms with E-state index in [1.807, 2.05) is 29.8 Å². The van der Waals surface area contributed by atoms with Crippen molar-refractivity contribution in [1.82, 2.24) is 14.8 Å². The van der Waals surface area contributed by atoms with Gasteiger partial charge in [0.25, 0.3) is 5.91 Å². The second-order valence-corrected chi connectivity index (χ2v) is 10.8. The van der Waals surface area contributed by atoms with Crippen molar-refractivity contribution < 1.29 is 19.1 Å². The van der Waals surface area contributed by atoms with E-state index in [2.05, 4.69) is 40.0 Å². The van der Waals surface area contributed by atoms with Crippen molar-refractivity contribution in [3.05, 3.63) is 56.6 Å². The number of carbonyl (C=O) groups excluding carboxylic acids is 3. The molecule has 2 amide bonds. The van der Waals surface area contributed by atoms with Crippen LogP contribution in [0, 0.1) is 13.8 Å². The Kier molecular flexibility index (Phi) is 7.57. The average molecular weight is 542 g/mol. The molecule has 0 aliphatic carbocycles. The van der Waals surface area contributed by atoms with Gasteiger partial charge in [-0.1, -0.05) is 42.1 Å². The number of methoxy groups -OCH3 is 1. The Morgan fingerprint density at radius 2 is 1.89 bits per heavy atom. The number of nitrogens with zero attached hydrogens (tertiary/aromatic N) is 3. The van der Waals surface area contributed by atoms with Crippen LogP contribution in [0.25, 0.3) is 22.5 Å². The maximum absolute atomic E-state index is 12.7. The van der Waals surface area contributed by atoms with Crippen molar-refractivity contribution in [2.75, 3.05) is 18.2 Å². The third-order valence-corrected chi connectivity index (χ3v) is 8.61. The average Bonchev–Trinajstić information content (AvgIpc) is 3.52. The summed E-state index contributed by atoms with van der Waals surface area (Å²) in [4.78, 5) is 38.0. The molecule has 36 heavy (non-hydrogen) atoms. The number of carbonyl (C=O) groups is 3. The van der Waals surface area contributed by atoms with Gasteiger partial charge in [-0.15, -0.1) is 32.9 Å². The van der Waals surface area contributed by atoms with E-state index in [-0.39, 0.29) is 27.1 Å². The van der Waals surface area contributed by atoms with Gasteiger partial charge in [0, 0.05) is 28.4 Å². The maximum Gasteiger partial charge on any atom is 0.341 e. The highest BCUT2D eigenvalue weighted by Gasteiger charge is 2.26. The first-order valence-corrected chi connectivity index (χ1v) is 13.4. The Hall–Kier alpha value is -3.48. The van der Waals surface area contributed by atoms with Crippen LogP contribution >= 0.6 is 34.4 Å². The monoisotopic (exact) mass is 541 g/mol. The van der Waals surface area contributed by atoms with Crippen molar-refractivity contribution in [2.45, 2.75) is 19.0 Å². The molecule has 1 aromatic carbocycles. The van der Waals surface area contributed by atoms with Gasteiger partial charge in [0.1, 0.15) is 5.00 Å². The summed E-state index contributed by atoms with van der Waals surface area (Å²) < 4.78 is 6.66. The summed E-state index contributed by atoms with van der Waals surface area (Å²) in [5, 5.41) is 14.2. The Morgan fingerprint density at radius 3 is 2.56 bits per heavy atom. The minimum Gasteiger partial charge on any atom is -0.465 e. The van der Waals surface area contributed by atoms with E-state index in [1.54, 1.807) is 18.3 Å². The summed E-state index contributed by atoms with van der Waals surface area (Å²) in [7, 11) is 3.09. The molecule has 186 valence electrons. The second-order valence-electron chi connectivity index (χ2n) is 7.76. The molecule has 0 aliphatic heterocycles. The Bertz CT molecular complexity index is 1460. The highest BCUT2D eigenvalue weighted by atomic mass is 32.2. The minimum atomic E-state index is -0.678. The van der Waals surface area contributed by atoms with Crippen molar-refractivity contribution in [3.8, 4) is 22.5 Å². The van der Waals surface area contributed by atoms with E-state index < -0.39 is 11.9 Å². The number of thiophene rings is 2. The number of nitrogens with two attached hydrogens (primary N) is 1. The first-order valence-electron chi connectivity index (χ1n) is 10.7. The normalized spacial score (nSPS) is 10.9. The lowest BCUT2D eigenvalue weighted by molar-refractivity contribution is -0.113. The summed E-state index contributed by atoms with van der Waals surface area (Å²) in [6.07, 6.45) is 0. The van der Waals surface area contributed by atoms with Gasteiger partial charge in [0.2, 0.25) is 5.91 Å². The zero-order valence-corrected chi connectivity index (χ0v) is 22.4. The van der Waals surface area contributed by atoms with E-state index in [0.717, 1.165) is 28.0 Å². The standard InChI is InChI=1S/C24H23N5O4S3/c1-12-17(23(32)33-4)22(36-19(12)20(25)31)26-16(30)11-35-24-28-27-21(29(24)3)15-10-34-13(2)18(15)14-8-6-5-7-9-14/h5-10H,11H2,1-4H3,(H2,25,31)(H,26,30). The van der Waals surface area contributed by atoms with Crippen LogP contribution in [0.15, 0.2) is 40.9 Å². The predicted molar refractivity (Wildman–Crippen MR) is 143 cm³/mol. The fourth-order valence-corrected chi connectivity index (χ4v) is 6.37. The van der Waals surface area contributed by atoms with Crippen molar-refractivity contribution in [3.63, 3.8) is 0 Å². The van der Waals surface area contributed by atoms with Crippen molar-refractivity contribution in [1.29, 1.82) is 0 Å². The zero-order valence-electron chi connectivity index (χ0n) is 19.9. The topological polar surface area (TPSA) is 129 Å². The fourth-order valence-electron chi connectivity index (χ4n) is 3.74. The SMILES string of the molecule is COC(=O)c1c(NC(=O)CSc2nnc(-c3csc(C)c3-c3ccccc3)n2C)sc(C(N)=O)c1C. The lowest BCUT2D eigenvalue weighted by atomic mass is 10.0. The van der Waals surface area contributed by atoms with E-state index in [1.165, 1.54) is 23.7 Å². The van der Waals surface area contributed by atoms with Crippen LogP contribution < -0.4 is 11.1 Å². The summed E-state index contributed by atoms with van der Waals surface area (Å²) in [5.74, 6) is -0.985. The summed E-state index contributed by atoms with van der Waals surface area (Å²) >= 11 is 3.81. The quantitative estimate of drug-likeness (QED) is 0.248. The van der Waals surface area contributed by atoms with Gasteiger partial charge in [-0.3, -0.25) is 9.59 Å². The van der Waals surface area contributed by atoms with Gasteiger partial charge in [-0.25, -0.2) is 4.79 Å². The van der Waals surface area contributed by atoms with Gasteiger partial charge in [-0.05, 0) is 25.0 Å². The minimum absolute atomic E-state index is 0.0175. The van der Waals surface area contributed by atoms with E-state index >= 15 is 0 Å². The summed E-state index contributed by atoms with van der Waals surface area (Å²) in [5.41, 5.74) is 9.09. The van der Waals surface area contributed by atoms with Crippen LogP contribution in [-0.2, 0) is 16.6 Å². The Labute approximate surface area is 219 Å². The molecule has 0 spiro atoms. The lowest BCUT2D eigenvalue weighted by Crippen LogP contribution is -2.16. The van der Waals surface area contributed by atoms with Crippen LogP contribution in [0.1, 0.15) is 30.5 Å². The largest absolute Gasteiger partial charge is 0.465 e. The molecule has 0 atom stereocenters. The highest BCUT2D eigenvalue weighted by molar-refractivity contribution is 7.99. The number of ether oxygens (including phenoxy) is 1. The van der Waals surface area contributed by atoms with Crippen LogP contribution in [0.5, 0.6) is 0 Å². The number of amides is 2. The molecule has 3 heterocycles. The molecule has 0 saturated heterocycles. The summed E-state index contributed by atoms with van der Waals surface area (Å²) in [6, 6.07) is 10.1. The first kappa shape index (κ1) is 25.6. The van der Waals surface area contributed by atoms with E-state index in [4.69, 9.17) is 10.5 Å². The van der Waals surface area contributed by atoms with Crippen LogP contribution in [0.4, 0.5) is 5.00 Å². The van der Waals surface area contributed by atoms with Crippen LogP contribution in [0.3, 0.4) is 0 Å². The molecule has 12 heteroatoms. The molecule has 0 unspecified atom stereocenters. The van der Waals surface area contributed by atoms with E-state index in [0.29, 0.717) is 16.5 Å². The fraction of sp³-hybridized carbons (Fsp3) is 0.208. The molecule has 0 saturated carbocycles. The second kappa shape index (κ2) is 10.6. The number of hydrogen-bond donors (Lipinski definition) is 2. The lowest BCUT2D eigenvalue weighted by Gasteiger charge is -2.08. The van der Waals surface area contributed by atoms with Gasteiger partial charge in [-0.2, -0.15) is 0 Å². The highest BCUT2D eigenvalue weighted by Crippen LogP contribution is 2.39. The molecule has 0 fully saturated rings. The number of nitrogens with one attached hydrogen (secondary N) is 1. The number of rotatable bonds is 8. The third kappa shape index (κ3) is 4.92. The molecule has 0 bridgehead atoms. The van der Waals surface area contributed by atoms with Gasteiger partial charge >= 0.3 is 5.97 Å². The van der Waals surface area contributed by atoms with E-state index in [9.17, 15) is 14.4 Å². The van der Waals surface area contributed by atoms with Crippen molar-refractivity contribution >= 4 is 57.2 Å². The van der Waals surface area contributed by atoms with Gasteiger partial charge < -0.3 is 20.4 Å². The smallest absolute Gasteiger partial charge is 0.341 e. The maximum atomic E-state index is 12.7. The molecule has 9 nitrogen and oxygen atoms in total. The number of benzene rings is 1. The Morgan fingerprint density at radius 1 is 1.17 bits per heavy atom. The number of esters is 1. The molecular weight excluding hydrogens is 518 g/mol. The molecule has 3 aromatic heterocycles. The number of aryl methyl sites for hydroxylation is 1. The zero-order chi connectivity index (χ0) is 26.0. The molecule has 4 rings (SSSR count). The molecule has 0 aliphatic rings. The summed E-state index contributed by atoms with van der Waals surface area (Å²) in [6.45, 7) is 3.66.